The standard InChI is InChI=1S/C20H27N3O3/c1-3-25-14-20-10-6-12-26-17(20)9-11-23(13-20)19(24)18-15-7-4-5-8-16(15)22(2)21-18/h4-5,7-8,17H,3,6,9-14H2,1-2H3/t17-,20+/m0/s1. The van der Waals surface area contributed by atoms with Gasteiger partial charge in [-0.1, -0.05) is 18.2 Å². The Morgan fingerprint density at radius 3 is 3.12 bits per heavy atom. The van der Waals surface area contributed by atoms with E-state index in [1.54, 1.807) is 4.68 Å². The Morgan fingerprint density at radius 2 is 2.27 bits per heavy atom. The van der Waals surface area contributed by atoms with Gasteiger partial charge >= 0.3 is 0 Å². The van der Waals surface area contributed by atoms with Gasteiger partial charge < -0.3 is 14.4 Å². The molecule has 140 valence electrons. The molecular formula is C20H27N3O3. The molecule has 0 radical (unpaired) electrons. The van der Waals surface area contributed by atoms with Crippen LogP contribution in [0.4, 0.5) is 0 Å². The van der Waals surface area contributed by atoms with Gasteiger partial charge in [-0.2, -0.15) is 5.10 Å². The number of rotatable bonds is 4. The van der Waals surface area contributed by atoms with Crippen LogP contribution in [0.25, 0.3) is 10.9 Å². The van der Waals surface area contributed by atoms with Crippen molar-refractivity contribution in [2.45, 2.75) is 32.3 Å². The van der Waals surface area contributed by atoms with Crippen molar-refractivity contribution in [3.05, 3.63) is 30.0 Å². The van der Waals surface area contributed by atoms with Crippen LogP contribution >= 0.6 is 0 Å². The molecular weight excluding hydrogens is 330 g/mol. The zero-order valence-corrected chi connectivity index (χ0v) is 15.6. The summed E-state index contributed by atoms with van der Waals surface area (Å²) in [6, 6.07) is 7.90. The highest BCUT2D eigenvalue weighted by Gasteiger charge is 2.47. The van der Waals surface area contributed by atoms with Crippen LogP contribution in [0.2, 0.25) is 0 Å². The summed E-state index contributed by atoms with van der Waals surface area (Å²) in [4.78, 5) is 15.2. The first kappa shape index (κ1) is 17.5. The Balaban J connectivity index is 1.62. The largest absolute Gasteiger partial charge is 0.381 e. The summed E-state index contributed by atoms with van der Waals surface area (Å²) in [5, 5.41) is 5.43. The van der Waals surface area contributed by atoms with Gasteiger partial charge in [0.1, 0.15) is 0 Å². The second-order valence-electron chi connectivity index (χ2n) is 7.47. The molecule has 6 heteroatoms. The van der Waals surface area contributed by atoms with E-state index in [4.69, 9.17) is 9.47 Å². The zero-order chi connectivity index (χ0) is 18.1. The fourth-order valence-electron chi connectivity index (χ4n) is 4.50. The van der Waals surface area contributed by atoms with Crippen molar-refractivity contribution in [1.29, 1.82) is 0 Å². The lowest BCUT2D eigenvalue weighted by Gasteiger charge is -2.50. The number of hydrogen-bond donors (Lipinski definition) is 0. The molecule has 0 unspecified atom stereocenters. The number of carbonyl (C=O) groups is 1. The summed E-state index contributed by atoms with van der Waals surface area (Å²) in [5.74, 6) is 0.0155. The highest BCUT2D eigenvalue weighted by Crippen LogP contribution is 2.41. The van der Waals surface area contributed by atoms with E-state index in [1.165, 1.54) is 0 Å². The fourth-order valence-corrected chi connectivity index (χ4v) is 4.50. The van der Waals surface area contributed by atoms with Gasteiger partial charge in [0.15, 0.2) is 5.69 Å². The van der Waals surface area contributed by atoms with E-state index < -0.39 is 0 Å². The van der Waals surface area contributed by atoms with Gasteiger partial charge in [-0.05, 0) is 32.3 Å². The molecule has 1 amide bonds. The van der Waals surface area contributed by atoms with Gasteiger partial charge in [-0.25, -0.2) is 0 Å². The van der Waals surface area contributed by atoms with Crippen molar-refractivity contribution in [3.63, 3.8) is 0 Å². The van der Waals surface area contributed by atoms with Crippen LogP contribution < -0.4 is 0 Å². The van der Waals surface area contributed by atoms with E-state index >= 15 is 0 Å². The van der Waals surface area contributed by atoms with Gasteiger partial charge in [0.25, 0.3) is 5.91 Å². The van der Waals surface area contributed by atoms with Gasteiger partial charge in [-0.15, -0.1) is 0 Å². The molecule has 1 aromatic carbocycles. The number of aryl methyl sites for hydroxylation is 1. The third-order valence-electron chi connectivity index (χ3n) is 5.83. The Labute approximate surface area is 154 Å². The van der Waals surface area contributed by atoms with Crippen LogP contribution in [0.5, 0.6) is 0 Å². The minimum Gasteiger partial charge on any atom is -0.381 e. The predicted molar refractivity (Wildman–Crippen MR) is 99.1 cm³/mol. The third kappa shape index (κ3) is 2.91. The van der Waals surface area contributed by atoms with Crippen molar-refractivity contribution in [1.82, 2.24) is 14.7 Å². The first-order valence-electron chi connectivity index (χ1n) is 9.55. The number of nitrogens with zero attached hydrogens (tertiary/aromatic N) is 3. The summed E-state index contributed by atoms with van der Waals surface area (Å²) in [5.41, 5.74) is 1.44. The number of para-hydroxylation sites is 1. The zero-order valence-electron chi connectivity index (χ0n) is 15.6. The van der Waals surface area contributed by atoms with Crippen molar-refractivity contribution in [2.24, 2.45) is 12.5 Å². The molecule has 4 rings (SSSR count). The first-order valence-corrected chi connectivity index (χ1v) is 9.55. The average Bonchev–Trinajstić information content (AvgIpc) is 3.02. The van der Waals surface area contributed by atoms with Crippen LogP contribution in [0.3, 0.4) is 0 Å². The van der Waals surface area contributed by atoms with Gasteiger partial charge in [-0.3, -0.25) is 9.48 Å². The van der Waals surface area contributed by atoms with Crippen molar-refractivity contribution in [2.75, 3.05) is 32.9 Å². The number of amides is 1. The number of piperidine rings is 1. The second kappa shape index (κ2) is 7.00. The maximum atomic E-state index is 13.3. The highest BCUT2D eigenvalue weighted by molar-refractivity contribution is 6.04. The molecule has 2 atom stereocenters. The molecule has 0 saturated carbocycles. The Morgan fingerprint density at radius 1 is 1.42 bits per heavy atom. The van der Waals surface area contributed by atoms with Crippen LogP contribution in [-0.4, -0.2) is 59.6 Å². The highest BCUT2D eigenvalue weighted by atomic mass is 16.5. The van der Waals surface area contributed by atoms with E-state index in [0.717, 1.165) is 36.8 Å². The second-order valence-corrected chi connectivity index (χ2v) is 7.47. The maximum Gasteiger partial charge on any atom is 0.275 e. The number of hydrogen-bond acceptors (Lipinski definition) is 4. The van der Waals surface area contributed by atoms with E-state index in [2.05, 4.69) is 5.10 Å². The van der Waals surface area contributed by atoms with Gasteiger partial charge in [0.2, 0.25) is 0 Å². The molecule has 2 aromatic rings. The van der Waals surface area contributed by atoms with E-state index in [0.29, 0.717) is 32.0 Å². The Bertz CT molecular complexity index is 803. The van der Waals surface area contributed by atoms with Crippen molar-refractivity contribution >= 4 is 16.8 Å². The molecule has 26 heavy (non-hydrogen) atoms. The van der Waals surface area contributed by atoms with Crippen molar-refractivity contribution < 1.29 is 14.3 Å². The molecule has 6 nitrogen and oxygen atoms in total. The molecule has 1 aromatic heterocycles. The molecule has 2 aliphatic rings. The Kier molecular flexibility index (Phi) is 4.71. The number of fused-ring (bicyclic) bond motifs is 2. The van der Waals surface area contributed by atoms with Gasteiger partial charge in [0.05, 0.1) is 18.2 Å². The van der Waals surface area contributed by atoms with E-state index in [9.17, 15) is 4.79 Å². The number of carbonyl (C=O) groups excluding carboxylic acids is 1. The summed E-state index contributed by atoms with van der Waals surface area (Å²) in [6.07, 6.45) is 3.12. The number of ether oxygens (including phenoxy) is 2. The summed E-state index contributed by atoms with van der Waals surface area (Å²) >= 11 is 0. The minimum atomic E-state index is -0.0905. The van der Waals surface area contributed by atoms with Crippen LogP contribution in [0.15, 0.2) is 24.3 Å². The number of aromatic nitrogens is 2. The van der Waals surface area contributed by atoms with Crippen LogP contribution in [0, 0.1) is 5.41 Å². The van der Waals surface area contributed by atoms with Crippen LogP contribution in [-0.2, 0) is 16.5 Å². The predicted octanol–water partition coefficient (Wildman–Crippen LogP) is 2.62. The lowest BCUT2D eigenvalue weighted by molar-refractivity contribution is -0.146. The molecule has 0 spiro atoms. The van der Waals surface area contributed by atoms with E-state index in [1.807, 2.05) is 43.1 Å². The van der Waals surface area contributed by atoms with E-state index in [-0.39, 0.29) is 17.4 Å². The SMILES string of the molecule is CCOC[C@]12CCCO[C@H]1CCN(C(=O)c1nn(C)c3ccccc13)C2. The molecule has 3 heterocycles. The van der Waals surface area contributed by atoms with Crippen LogP contribution in [0.1, 0.15) is 36.7 Å². The molecule has 0 N–H and O–H groups in total. The normalized spacial score (nSPS) is 26.1. The average molecular weight is 357 g/mol. The first-order chi connectivity index (χ1) is 12.6. The molecule has 2 aliphatic heterocycles. The Hall–Kier alpha value is -1.92. The van der Waals surface area contributed by atoms with Crippen molar-refractivity contribution in [3.8, 4) is 0 Å². The summed E-state index contributed by atoms with van der Waals surface area (Å²) < 4.78 is 13.6. The lowest BCUT2D eigenvalue weighted by Crippen LogP contribution is -2.58. The smallest absolute Gasteiger partial charge is 0.275 e. The van der Waals surface area contributed by atoms with Gasteiger partial charge in [0, 0.05) is 44.2 Å². The molecule has 0 aliphatic carbocycles. The monoisotopic (exact) mass is 357 g/mol. The third-order valence-corrected chi connectivity index (χ3v) is 5.83. The molecule has 2 fully saturated rings. The lowest BCUT2D eigenvalue weighted by atomic mass is 9.73. The quantitative estimate of drug-likeness (QED) is 0.844. The summed E-state index contributed by atoms with van der Waals surface area (Å²) in [7, 11) is 1.89. The number of likely N-dealkylation sites (tertiary alicyclic amines) is 1. The summed E-state index contributed by atoms with van der Waals surface area (Å²) in [6.45, 7) is 5.57. The minimum absolute atomic E-state index is 0.0155. The maximum absolute atomic E-state index is 13.3. The number of benzene rings is 1. The molecule has 2 saturated heterocycles. The molecule has 0 bridgehead atoms. The fraction of sp³-hybridized carbons (Fsp3) is 0.600. The topological polar surface area (TPSA) is 56.6 Å².